The Hall–Kier alpha value is -0.120. The summed E-state index contributed by atoms with van der Waals surface area (Å²) in [6.45, 7) is 9.23. The number of ether oxygens (including phenoxy) is 1. The predicted molar refractivity (Wildman–Crippen MR) is 61.7 cm³/mol. The second-order valence-electron chi connectivity index (χ2n) is 4.23. The Morgan fingerprint density at radius 1 is 1.29 bits per heavy atom. The van der Waals surface area contributed by atoms with Crippen LogP contribution in [-0.2, 0) is 4.74 Å². The van der Waals surface area contributed by atoms with E-state index in [-0.39, 0.29) is 0 Å². The molecule has 0 saturated heterocycles. The van der Waals surface area contributed by atoms with Gasteiger partial charge in [-0.15, -0.1) is 0 Å². The van der Waals surface area contributed by atoms with Crippen LogP contribution in [0.5, 0.6) is 0 Å². The van der Waals surface area contributed by atoms with Crippen molar-refractivity contribution in [3.8, 4) is 0 Å². The van der Waals surface area contributed by atoms with Gasteiger partial charge in [0.2, 0.25) is 0 Å². The normalized spacial score (nSPS) is 13.9. The molecule has 1 unspecified atom stereocenters. The topological polar surface area (TPSA) is 24.5 Å². The molecule has 3 nitrogen and oxygen atoms in total. The van der Waals surface area contributed by atoms with Crippen LogP contribution in [0, 0.1) is 0 Å². The van der Waals surface area contributed by atoms with Gasteiger partial charge in [-0.1, -0.05) is 13.8 Å². The summed E-state index contributed by atoms with van der Waals surface area (Å²) in [7, 11) is 4.19. The van der Waals surface area contributed by atoms with Gasteiger partial charge in [-0.25, -0.2) is 0 Å². The van der Waals surface area contributed by atoms with E-state index in [0.29, 0.717) is 12.1 Å². The highest BCUT2D eigenvalue weighted by Gasteiger charge is 2.08. The van der Waals surface area contributed by atoms with Crippen LogP contribution >= 0.6 is 0 Å². The maximum atomic E-state index is 5.65. The van der Waals surface area contributed by atoms with Gasteiger partial charge in [0.25, 0.3) is 0 Å². The smallest absolute Gasteiger partial charge is 0.0711 e. The third kappa shape index (κ3) is 8.48. The van der Waals surface area contributed by atoms with Gasteiger partial charge in [0.15, 0.2) is 0 Å². The molecule has 0 spiro atoms. The van der Waals surface area contributed by atoms with E-state index in [9.17, 15) is 0 Å². The third-order valence-corrected chi connectivity index (χ3v) is 2.05. The van der Waals surface area contributed by atoms with Crippen molar-refractivity contribution >= 4 is 0 Å². The lowest BCUT2D eigenvalue weighted by Gasteiger charge is -2.21. The van der Waals surface area contributed by atoms with Crippen LogP contribution in [0.2, 0.25) is 0 Å². The molecule has 0 aromatic rings. The first-order valence-electron chi connectivity index (χ1n) is 5.56. The van der Waals surface area contributed by atoms with Crippen LogP contribution < -0.4 is 5.32 Å². The highest BCUT2D eigenvalue weighted by atomic mass is 16.5. The Labute approximate surface area is 88.8 Å². The fourth-order valence-electron chi connectivity index (χ4n) is 1.25. The van der Waals surface area contributed by atoms with E-state index in [2.05, 4.69) is 45.1 Å². The zero-order valence-corrected chi connectivity index (χ0v) is 10.3. The molecular weight excluding hydrogens is 176 g/mol. The molecule has 0 amide bonds. The van der Waals surface area contributed by atoms with Crippen LogP contribution in [0.4, 0.5) is 0 Å². The molecule has 0 bridgehead atoms. The van der Waals surface area contributed by atoms with Crippen molar-refractivity contribution in [3.63, 3.8) is 0 Å². The van der Waals surface area contributed by atoms with Gasteiger partial charge in [-0.05, 0) is 27.4 Å². The van der Waals surface area contributed by atoms with Gasteiger partial charge in [-0.3, -0.25) is 0 Å². The van der Waals surface area contributed by atoms with E-state index in [0.717, 1.165) is 26.1 Å². The molecule has 0 aliphatic heterocycles. The molecule has 0 rings (SSSR count). The predicted octanol–water partition coefficient (Wildman–Crippen LogP) is 1.34. The Morgan fingerprint density at radius 2 is 1.93 bits per heavy atom. The van der Waals surface area contributed by atoms with Gasteiger partial charge in [-0.2, -0.15) is 0 Å². The van der Waals surface area contributed by atoms with Crippen molar-refractivity contribution in [1.82, 2.24) is 10.2 Å². The molecule has 14 heavy (non-hydrogen) atoms. The molecule has 0 fully saturated rings. The van der Waals surface area contributed by atoms with Crippen LogP contribution in [-0.4, -0.2) is 50.8 Å². The molecule has 0 heterocycles. The van der Waals surface area contributed by atoms with Crippen LogP contribution in [0.3, 0.4) is 0 Å². The first kappa shape index (κ1) is 13.9. The largest absolute Gasteiger partial charge is 0.377 e. The first-order chi connectivity index (χ1) is 6.56. The fraction of sp³-hybridized carbons (Fsp3) is 1.00. The fourth-order valence-corrected chi connectivity index (χ4v) is 1.25. The molecule has 0 aliphatic rings. The molecule has 0 saturated carbocycles. The van der Waals surface area contributed by atoms with Gasteiger partial charge in [0, 0.05) is 25.7 Å². The Kier molecular flexibility index (Phi) is 8.14. The van der Waals surface area contributed by atoms with Crippen LogP contribution in [0.15, 0.2) is 0 Å². The summed E-state index contributed by atoms with van der Waals surface area (Å²) >= 11 is 0. The molecule has 3 heteroatoms. The zero-order valence-electron chi connectivity index (χ0n) is 10.3. The van der Waals surface area contributed by atoms with E-state index >= 15 is 0 Å². The van der Waals surface area contributed by atoms with Crippen molar-refractivity contribution in [2.45, 2.75) is 39.3 Å². The van der Waals surface area contributed by atoms with Gasteiger partial charge in [0.05, 0.1) is 6.10 Å². The average Bonchev–Trinajstić information content (AvgIpc) is 2.09. The van der Waals surface area contributed by atoms with Crippen molar-refractivity contribution < 1.29 is 4.74 Å². The summed E-state index contributed by atoms with van der Waals surface area (Å²) in [5.41, 5.74) is 0. The lowest BCUT2D eigenvalue weighted by Crippen LogP contribution is -2.35. The van der Waals surface area contributed by atoms with Crippen LogP contribution in [0.25, 0.3) is 0 Å². The molecule has 0 aromatic heterocycles. The van der Waals surface area contributed by atoms with Crippen molar-refractivity contribution in [2.24, 2.45) is 0 Å². The molecule has 0 radical (unpaired) electrons. The summed E-state index contributed by atoms with van der Waals surface area (Å²) in [4.78, 5) is 2.20. The highest BCUT2D eigenvalue weighted by molar-refractivity contribution is 4.65. The van der Waals surface area contributed by atoms with E-state index in [1.54, 1.807) is 0 Å². The average molecular weight is 202 g/mol. The molecule has 1 atom stereocenters. The van der Waals surface area contributed by atoms with E-state index < -0.39 is 0 Å². The zero-order chi connectivity index (χ0) is 11.0. The minimum absolute atomic E-state index is 0.352. The van der Waals surface area contributed by atoms with Gasteiger partial charge >= 0.3 is 0 Å². The monoisotopic (exact) mass is 202 g/mol. The minimum Gasteiger partial charge on any atom is -0.377 e. The summed E-state index contributed by atoms with van der Waals surface area (Å²) in [6.07, 6.45) is 1.45. The quantitative estimate of drug-likeness (QED) is 0.643. The van der Waals surface area contributed by atoms with E-state index in [4.69, 9.17) is 4.74 Å². The highest BCUT2D eigenvalue weighted by Crippen LogP contribution is 1.99. The first-order valence-corrected chi connectivity index (χ1v) is 5.56. The molecular formula is C11H26N2O. The van der Waals surface area contributed by atoms with E-state index in [1.807, 2.05) is 0 Å². The number of rotatable bonds is 8. The minimum atomic E-state index is 0.352. The second-order valence-corrected chi connectivity index (χ2v) is 4.23. The van der Waals surface area contributed by atoms with Crippen molar-refractivity contribution in [1.29, 1.82) is 0 Å². The lowest BCUT2D eigenvalue weighted by atomic mass is 10.2. The van der Waals surface area contributed by atoms with Gasteiger partial charge < -0.3 is 15.0 Å². The van der Waals surface area contributed by atoms with Gasteiger partial charge in [0.1, 0.15) is 0 Å². The molecule has 0 aromatic carbocycles. The maximum absolute atomic E-state index is 5.65. The summed E-state index contributed by atoms with van der Waals surface area (Å²) in [6, 6.07) is 0.539. The Bertz CT molecular complexity index is 114. The number of hydrogen-bond donors (Lipinski definition) is 1. The standard InChI is InChI=1S/C11H26N2O/c1-6-14-11(7-8-13(4)5)9-12-10(2)3/h10-12H,6-9H2,1-5H3. The Balaban J connectivity index is 3.65. The molecule has 86 valence electrons. The van der Waals surface area contributed by atoms with E-state index in [1.165, 1.54) is 0 Å². The Morgan fingerprint density at radius 3 is 2.36 bits per heavy atom. The summed E-state index contributed by atoms with van der Waals surface area (Å²) in [5, 5.41) is 3.41. The van der Waals surface area contributed by atoms with Crippen molar-refractivity contribution in [2.75, 3.05) is 33.8 Å². The summed E-state index contributed by atoms with van der Waals surface area (Å²) in [5.74, 6) is 0. The number of hydrogen-bond acceptors (Lipinski definition) is 3. The molecule has 1 N–H and O–H groups in total. The third-order valence-electron chi connectivity index (χ3n) is 2.05. The second kappa shape index (κ2) is 8.21. The number of nitrogens with zero attached hydrogens (tertiary/aromatic N) is 1. The lowest BCUT2D eigenvalue weighted by molar-refractivity contribution is 0.0506. The van der Waals surface area contributed by atoms with Crippen LogP contribution in [0.1, 0.15) is 27.2 Å². The number of nitrogens with one attached hydrogen (secondary N) is 1. The summed E-state index contributed by atoms with van der Waals surface area (Å²) < 4.78 is 5.65. The SMILES string of the molecule is CCOC(CCN(C)C)CNC(C)C. The maximum Gasteiger partial charge on any atom is 0.0711 e. The van der Waals surface area contributed by atoms with Crippen molar-refractivity contribution in [3.05, 3.63) is 0 Å². The molecule has 0 aliphatic carbocycles.